The van der Waals surface area contributed by atoms with Crippen LogP contribution in [0.4, 0.5) is 4.39 Å². The molecule has 0 aliphatic carbocycles. The van der Waals surface area contributed by atoms with Gasteiger partial charge in [-0.25, -0.2) is 4.39 Å². The zero-order valence-electron chi connectivity index (χ0n) is 11.0. The molecule has 2 aromatic rings. The van der Waals surface area contributed by atoms with E-state index in [1.165, 1.54) is 6.07 Å². The number of aryl methyl sites for hydroxylation is 1. The van der Waals surface area contributed by atoms with E-state index in [9.17, 15) is 9.18 Å². The molecule has 0 saturated carbocycles. The largest absolute Gasteiger partial charge is 0.366 e. The Balaban J connectivity index is 2.32. The van der Waals surface area contributed by atoms with Crippen LogP contribution in [-0.2, 0) is 0 Å². The summed E-state index contributed by atoms with van der Waals surface area (Å²) in [6.07, 6.45) is 4.45. The molecule has 0 atom stereocenters. The molecule has 0 radical (unpaired) electrons. The van der Waals surface area contributed by atoms with Gasteiger partial charge in [0.25, 0.3) is 5.91 Å². The smallest absolute Gasteiger partial charge is 0.250 e. The average Bonchev–Trinajstić information content (AvgIpc) is 2.79. The van der Waals surface area contributed by atoms with Crippen molar-refractivity contribution in [2.24, 2.45) is 10.7 Å². The van der Waals surface area contributed by atoms with Gasteiger partial charge in [0.15, 0.2) is 0 Å². The second kappa shape index (κ2) is 4.59. The normalized spacial score (nSPS) is 14.6. The molecule has 2 heterocycles. The van der Waals surface area contributed by atoms with Crippen molar-refractivity contribution in [2.75, 3.05) is 6.54 Å². The van der Waals surface area contributed by atoms with Crippen molar-refractivity contribution in [1.29, 1.82) is 0 Å². The number of hydrogen-bond donors (Lipinski definition) is 2. The molecule has 0 unspecified atom stereocenters. The second-order valence-electron chi connectivity index (χ2n) is 4.87. The Morgan fingerprint density at radius 3 is 2.90 bits per heavy atom. The number of benzene rings is 1. The van der Waals surface area contributed by atoms with Crippen LogP contribution in [0.15, 0.2) is 23.2 Å². The zero-order valence-corrected chi connectivity index (χ0v) is 11.0. The Bertz CT molecular complexity index is 771. The van der Waals surface area contributed by atoms with E-state index >= 15 is 0 Å². The summed E-state index contributed by atoms with van der Waals surface area (Å²) in [6, 6.07) is 3.04. The number of nitrogens with two attached hydrogens (primary N) is 1. The number of aromatic nitrogens is 1. The fourth-order valence-corrected chi connectivity index (χ4v) is 2.60. The molecule has 1 aliphatic heterocycles. The fraction of sp³-hybridized carbons (Fsp3) is 0.200. The Morgan fingerprint density at radius 1 is 1.45 bits per heavy atom. The predicted molar refractivity (Wildman–Crippen MR) is 77.5 cm³/mol. The SMILES string of the molecule is Cc1cc2c(C3=CCC=NC3)c(F)cc(C(N)=O)c2[nH]1. The van der Waals surface area contributed by atoms with Crippen molar-refractivity contribution in [3.63, 3.8) is 0 Å². The molecular weight excluding hydrogens is 257 g/mol. The Hall–Kier alpha value is -2.43. The van der Waals surface area contributed by atoms with Gasteiger partial charge in [-0.15, -0.1) is 0 Å². The molecular formula is C15H14FN3O. The molecule has 3 rings (SSSR count). The lowest BCUT2D eigenvalue weighted by molar-refractivity contribution is 0.100. The van der Waals surface area contributed by atoms with E-state index in [4.69, 9.17) is 5.73 Å². The van der Waals surface area contributed by atoms with Crippen molar-refractivity contribution in [2.45, 2.75) is 13.3 Å². The predicted octanol–water partition coefficient (Wildman–Crippen LogP) is 2.57. The van der Waals surface area contributed by atoms with Gasteiger partial charge in [0, 0.05) is 29.3 Å². The van der Waals surface area contributed by atoms with Crippen LogP contribution in [0.3, 0.4) is 0 Å². The maximum atomic E-state index is 14.4. The molecule has 5 heteroatoms. The minimum atomic E-state index is -0.641. The zero-order chi connectivity index (χ0) is 14.3. The maximum Gasteiger partial charge on any atom is 0.250 e. The summed E-state index contributed by atoms with van der Waals surface area (Å²) < 4.78 is 14.4. The first-order chi connectivity index (χ1) is 9.58. The average molecular weight is 271 g/mol. The summed E-state index contributed by atoms with van der Waals surface area (Å²) in [5.41, 5.74) is 8.28. The first-order valence-electron chi connectivity index (χ1n) is 6.37. The van der Waals surface area contributed by atoms with Crippen LogP contribution < -0.4 is 5.73 Å². The molecule has 1 aromatic heterocycles. The highest BCUT2D eigenvalue weighted by atomic mass is 19.1. The van der Waals surface area contributed by atoms with Crippen LogP contribution in [0.2, 0.25) is 0 Å². The number of allylic oxidation sites excluding steroid dienone is 1. The van der Waals surface area contributed by atoms with Gasteiger partial charge in [-0.1, -0.05) is 6.08 Å². The van der Waals surface area contributed by atoms with Crippen molar-refractivity contribution in [3.8, 4) is 0 Å². The van der Waals surface area contributed by atoms with Gasteiger partial charge in [-0.05, 0) is 24.6 Å². The molecule has 4 nitrogen and oxygen atoms in total. The van der Waals surface area contributed by atoms with E-state index < -0.39 is 11.7 Å². The quantitative estimate of drug-likeness (QED) is 0.865. The number of aromatic amines is 1. The molecule has 102 valence electrons. The lowest BCUT2D eigenvalue weighted by Gasteiger charge is -2.12. The third-order valence-electron chi connectivity index (χ3n) is 3.45. The van der Waals surface area contributed by atoms with Crippen molar-refractivity contribution < 1.29 is 9.18 Å². The molecule has 0 bridgehead atoms. The van der Waals surface area contributed by atoms with E-state index in [-0.39, 0.29) is 5.56 Å². The van der Waals surface area contributed by atoms with Gasteiger partial charge in [0.2, 0.25) is 0 Å². The third kappa shape index (κ3) is 1.91. The van der Waals surface area contributed by atoms with E-state index in [1.54, 1.807) is 6.21 Å². The Morgan fingerprint density at radius 2 is 2.25 bits per heavy atom. The lowest BCUT2D eigenvalue weighted by atomic mass is 9.96. The van der Waals surface area contributed by atoms with E-state index in [2.05, 4.69) is 9.98 Å². The van der Waals surface area contributed by atoms with Gasteiger partial charge < -0.3 is 10.7 Å². The standard InChI is InChI=1S/C15H14FN3O/c1-8-5-10-13(9-3-2-4-18-7-9)12(16)6-11(15(17)20)14(10)19-8/h3-6,19H,2,7H2,1H3,(H2,17,20). The lowest BCUT2D eigenvalue weighted by Crippen LogP contribution is -2.13. The molecule has 0 fully saturated rings. The highest BCUT2D eigenvalue weighted by Crippen LogP contribution is 2.32. The van der Waals surface area contributed by atoms with E-state index in [0.29, 0.717) is 29.4 Å². The molecule has 20 heavy (non-hydrogen) atoms. The number of carbonyl (C=O) groups excluding carboxylic acids is 1. The van der Waals surface area contributed by atoms with Crippen LogP contribution >= 0.6 is 0 Å². The van der Waals surface area contributed by atoms with Gasteiger partial charge in [-0.2, -0.15) is 0 Å². The minimum absolute atomic E-state index is 0.175. The van der Waals surface area contributed by atoms with Gasteiger partial charge in [-0.3, -0.25) is 9.79 Å². The van der Waals surface area contributed by atoms with Crippen LogP contribution in [-0.4, -0.2) is 23.7 Å². The van der Waals surface area contributed by atoms with Crippen LogP contribution in [0, 0.1) is 12.7 Å². The highest BCUT2D eigenvalue weighted by Gasteiger charge is 2.19. The number of primary amides is 1. The number of hydrogen-bond acceptors (Lipinski definition) is 2. The monoisotopic (exact) mass is 271 g/mol. The maximum absolute atomic E-state index is 14.4. The molecule has 1 aliphatic rings. The van der Waals surface area contributed by atoms with Gasteiger partial charge in [0.1, 0.15) is 5.82 Å². The Kier molecular flexibility index (Phi) is 2.89. The summed E-state index contributed by atoms with van der Waals surface area (Å²) in [4.78, 5) is 18.7. The summed E-state index contributed by atoms with van der Waals surface area (Å²) >= 11 is 0. The summed E-state index contributed by atoms with van der Waals surface area (Å²) in [5.74, 6) is -1.08. The van der Waals surface area contributed by atoms with E-state index in [1.807, 2.05) is 19.1 Å². The number of carbonyl (C=O) groups is 1. The molecule has 1 aromatic carbocycles. The third-order valence-corrected chi connectivity index (χ3v) is 3.45. The summed E-state index contributed by atoms with van der Waals surface area (Å²) in [7, 11) is 0. The first kappa shape index (κ1) is 12.6. The minimum Gasteiger partial charge on any atom is -0.366 e. The topological polar surface area (TPSA) is 71.2 Å². The van der Waals surface area contributed by atoms with Crippen LogP contribution in [0.5, 0.6) is 0 Å². The van der Waals surface area contributed by atoms with Crippen molar-refractivity contribution in [3.05, 3.63) is 40.8 Å². The number of nitrogens with zero attached hydrogens (tertiary/aromatic N) is 1. The Labute approximate surface area is 115 Å². The number of rotatable bonds is 2. The van der Waals surface area contributed by atoms with Gasteiger partial charge >= 0.3 is 0 Å². The first-order valence-corrected chi connectivity index (χ1v) is 6.37. The number of fused-ring (bicyclic) bond motifs is 1. The molecule has 3 N–H and O–H groups in total. The number of dihydropyridines is 1. The van der Waals surface area contributed by atoms with E-state index in [0.717, 1.165) is 11.3 Å². The fourth-order valence-electron chi connectivity index (χ4n) is 2.60. The number of halogens is 1. The van der Waals surface area contributed by atoms with Crippen LogP contribution in [0.1, 0.15) is 28.0 Å². The summed E-state index contributed by atoms with van der Waals surface area (Å²) in [5, 5.41) is 0.680. The molecule has 0 spiro atoms. The second-order valence-corrected chi connectivity index (χ2v) is 4.87. The highest BCUT2D eigenvalue weighted by molar-refractivity contribution is 6.08. The number of amides is 1. The van der Waals surface area contributed by atoms with Crippen molar-refractivity contribution >= 4 is 28.6 Å². The number of aliphatic imine (C=N–C) groups is 1. The number of H-pyrrole nitrogens is 1. The summed E-state index contributed by atoms with van der Waals surface area (Å²) in [6.45, 7) is 2.31. The van der Waals surface area contributed by atoms with Crippen molar-refractivity contribution in [1.82, 2.24) is 4.98 Å². The number of nitrogens with one attached hydrogen (secondary N) is 1. The van der Waals surface area contributed by atoms with Crippen LogP contribution in [0.25, 0.3) is 16.5 Å². The molecule has 1 amide bonds. The van der Waals surface area contributed by atoms with Gasteiger partial charge in [0.05, 0.1) is 17.6 Å². The molecule has 0 saturated heterocycles.